The Morgan fingerprint density at radius 2 is 1.00 bits per heavy atom. The van der Waals surface area contributed by atoms with E-state index in [4.69, 9.17) is 15.0 Å². The molecule has 2 unspecified atom stereocenters. The highest BCUT2D eigenvalue weighted by Crippen LogP contribution is 2.48. The number of anilines is 9. The predicted molar refractivity (Wildman–Crippen MR) is 313 cm³/mol. The van der Waals surface area contributed by atoms with Gasteiger partial charge in [0, 0.05) is 87.7 Å². The molecule has 16 heteroatoms. The van der Waals surface area contributed by atoms with E-state index in [1.807, 2.05) is 0 Å². The number of benzene rings is 4. The van der Waals surface area contributed by atoms with Crippen molar-refractivity contribution in [2.75, 3.05) is 83.4 Å². The number of hydrogen-bond donors (Lipinski definition) is 6. The summed E-state index contributed by atoms with van der Waals surface area (Å²) in [5.41, 5.74) is 8.41. The number of carbonyl (C=O) groups excluding carboxylic acids is 3. The number of rotatable bonds is 24. The average Bonchev–Trinajstić information content (AvgIpc) is 3.74. The Morgan fingerprint density at radius 3 is 1.54 bits per heavy atom. The number of fused-ring (bicyclic) bond motifs is 2. The standard InChI is InChI=1S/C60H85N13O3/c1-15-70(16-2)33-19-31-61-53(74)43-23-28-47(55(76)62-32-20-34-71(17-3)18-4)50(35-43)66-54(75)42-21-24-44(25-22-42)63-56-67-57(64-45-27-30-51-49(36-45)60(13,14)41(10)72(51)38(5)6)69-58(68-56)65-46-26-29-48-52(37-46)73(39(7)8)40(9)59(48,11)12/h21-30,35-41H,15-20,31-34H2,1-14H3,(H,61,74)(H,62,76)(H,66,75)(H3,63,64,65,67,68,69). The first kappa shape index (κ1) is 56.9. The summed E-state index contributed by atoms with van der Waals surface area (Å²) in [5.74, 6) is -0.0747. The van der Waals surface area contributed by atoms with Gasteiger partial charge in [0.15, 0.2) is 0 Å². The smallest absolute Gasteiger partial charge is 0.255 e. The second-order valence-electron chi connectivity index (χ2n) is 22.0. The number of aromatic nitrogens is 3. The fourth-order valence-electron chi connectivity index (χ4n) is 10.8. The summed E-state index contributed by atoms with van der Waals surface area (Å²) in [6.45, 7) is 37.7. The number of carbonyl (C=O) groups is 3. The molecular weight excluding hydrogens is 951 g/mol. The van der Waals surface area contributed by atoms with E-state index in [2.05, 4.69) is 185 Å². The third kappa shape index (κ3) is 12.7. The summed E-state index contributed by atoms with van der Waals surface area (Å²) < 4.78 is 0. The molecule has 76 heavy (non-hydrogen) atoms. The van der Waals surface area contributed by atoms with Crippen LogP contribution in [0.2, 0.25) is 0 Å². The molecule has 0 radical (unpaired) electrons. The van der Waals surface area contributed by atoms with Crippen molar-refractivity contribution < 1.29 is 14.4 Å². The lowest BCUT2D eigenvalue weighted by molar-refractivity contribution is 0.0940. The maximum atomic E-state index is 14.0. The van der Waals surface area contributed by atoms with Crippen LogP contribution in [-0.4, -0.2) is 119 Å². The van der Waals surface area contributed by atoms with Crippen molar-refractivity contribution in [2.24, 2.45) is 0 Å². The van der Waals surface area contributed by atoms with Gasteiger partial charge in [-0.15, -0.1) is 0 Å². The second-order valence-corrected chi connectivity index (χ2v) is 22.0. The summed E-state index contributed by atoms with van der Waals surface area (Å²) in [6.07, 6.45) is 1.58. The van der Waals surface area contributed by atoms with Crippen molar-refractivity contribution in [3.8, 4) is 0 Å². The van der Waals surface area contributed by atoms with Gasteiger partial charge in [-0.2, -0.15) is 15.0 Å². The summed E-state index contributed by atoms with van der Waals surface area (Å²) in [5, 5.41) is 19.3. The van der Waals surface area contributed by atoms with Crippen molar-refractivity contribution in [2.45, 2.75) is 145 Å². The highest BCUT2D eigenvalue weighted by atomic mass is 16.2. The maximum absolute atomic E-state index is 14.0. The molecule has 2 atom stereocenters. The van der Waals surface area contributed by atoms with Gasteiger partial charge in [0.1, 0.15) is 0 Å². The van der Waals surface area contributed by atoms with Gasteiger partial charge < -0.3 is 51.5 Å². The van der Waals surface area contributed by atoms with Crippen LogP contribution in [0.5, 0.6) is 0 Å². The molecule has 16 nitrogen and oxygen atoms in total. The molecule has 408 valence electrons. The minimum atomic E-state index is -0.441. The van der Waals surface area contributed by atoms with E-state index in [-0.39, 0.29) is 39.8 Å². The van der Waals surface area contributed by atoms with E-state index in [1.165, 1.54) is 22.5 Å². The molecule has 3 amide bonds. The van der Waals surface area contributed by atoms with Gasteiger partial charge in [0.2, 0.25) is 17.8 Å². The molecule has 1 aromatic heterocycles. The molecule has 0 saturated heterocycles. The zero-order valence-electron chi connectivity index (χ0n) is 47.7. The van der Waals surface area contributed by atoms with Crippen molar-refractivity contribution in [3.05, 3.63) is 107 Å². The average molecular weight is 1040 g/mol. The Kier molecular flexibility index (Phi) is 18.3. The minimum absolute atomic E-state index is 0.0254. The third-order valence-corrected chi connectivity index (χ3v) is 16.0. The molecule has 0 aliphatic carbocycles. The first-order valence-electron chi connectivity index (χ1n) is 27.7. The number of hydrogen-bond acceptors (Lipinski definition) is 13. The van der Waals surface area contributed by atoms with Crippen molar-refractivity contribution in [1.82, 2.24) is 35.4 Å². The number of nitrogens with zero attached hydrogens (tertiary/aromatic N) is 7. The van der Waals surface area contributed by atoms with Gasteiger partial charge in [-0.1, -0.05) is 61.5 Å². The van der Waals surface area contributed by atoms with Crippen molar-refractivity contribution in [3.63, 3.8) is 0 Å². The van der Waals surface area contributed by atoms with E-state index in [0.29, 0.717) is 66.0 Å². The molecule has 4 aromatic carbocycles. The number of nitrogens with one attached hydrogen (secondary N) is 6. The molecule has 5 aromatic rings. The highest BCUT2D eigenvalue weighted by Gasteiger charge is 2.44. The molecule has 2 aliphatic heterocycles. The van der Waals surface area contributed by atoms with Gasteiger partial charge in [-0.05, 0) is 178 Å². The van der Waals surface area contributed by atoms with Gasteiger partial charge in [0.25, 0.3) is 17.7 Å². The molecule has 2 aliphatic rings. The predicted octanol–water partition coefficient (Wildman–Crippen LogP) is 11.1. The van der Waals surface area contributed by atoms with Crippen LogP contribution < -0.4 is 41.7 Å². The maximum Gasteiger partial charge on any atom is 0.255 e. The van der Waals surface area contributed by atoms with E-state index in [9.17, 15) is 14.4 Å². The quantitative estimate of drug-likeness (QED) is 0.0323. The highest BCUT2D eigenvalue weighted by molar-refractivity contribution is 6.10. The van der Waals surface area contributed by atoms with Crippen LogP contribution in [0, 0.1) is 0 Å². The van der Waals surface area contributed by atoms with Crippen LogP contribution in [0.3, 0.4) is 0 Å². The van der Waals surface area contributed by atoms with Crippen LogP contribution in [0.4, 0.5) is 52.0 Å². The molecule has 3 heterocycles. The second kappa shape index (κ2) is 24.5. The molecule has 0 fully saturated rings. The van der Waals surface area contributed by atoms with Gasteiger partial charge >= 0.3 is 0 Å². The Hall–Kier alpha value is -6.78. The SMILES string of the molecule is CCN(CC)CCCNC(=O)c1ccc(C(=O)NCCCN(CC)CC)c(NC(=O)c2ccc(Nc3nc(Nc4ccc5c(c4)N(C(C)C)C(C)C5(C)C)nc(Nc4ccc5c(c4)C(C)(C)C(C)N5C(C)C)n3)cc2)c1. The van der Waals surface area contributed by atoms with Gasteiger partial charge in [-0.3, -0.25) is 14.4 Å². The van der Waals surface area contributed by atoms with Gasteiger partial charge in [-0.25, -0.2) is 0 Å². The molecule has 0 bridgehead atoms. The monoisotopic (exact) mass is 1040 g/mol. The molecular formula is C60H85N13O3. The van der Waals surface area contributed by atoms with Gasteiger partial charge in [0.05, 0.1) is 11.3 Å². The number of amides is 3. The lowest BCUT2D eigenvalue weighted by Crippen LogP contribution is -2.42. The Balaban J connectivity index is 1.13. The van der Waals surface area contributed by atoms with Crippen LogP contribution >= 0.6 is 0 Å². The van der Waals surface area contributed by atoms with E-state index >= 15 is 0 Å². The molecule has 0 spiro atoms. The largest absolute Gasteiger partial charge is 0.365 e. The zero-order chi connectivity index (χ0) is 55.1. The Bertz CT molecular complexity index is 2820. The van der Waals surface area contributed by atoms with Crippen molar-refractivity contribution >= 4 is 69.7 Å². The van der Waals surface area contributed by atoms with E-state index < -0.39 is 5.91 Å². The Morgan fingerprint density at radius 1 is 0.539 bits per heavy atom. The Labute approximate surface area is 452 Å². The van der Waals surface area contributed by atoms with Crippen LogP contribution in [0.1, 0.15) is 152 Å². The topological polar surface area (TPSA) is 175 Å². The van der Waals surface area contributed by atoms with Crippen LogP contribution in [0.25, 0.3) is 0 Å². The van der Waals surface area contributed by atoms with E-state index in [0.717, 1.165) is 63.5 Å². The molecule has 6 N–H and O–H groups in total. The molecule has 7 rings (SSSR count). The summed E-state index contributed by atoms with van der Waals surface area (Å²) in [4.78, 5) is 65.3. The van der Waals surface area contributed by atoms with Crippen LogP contribution in [0.15, 0.2) is 78.9 Å². The fraction of sp³-hybridized carbons (Fsp3) is 0.500. The first-order valence-corrected chi connectivity index (χ1v) is 27.7. The van der Waals surface area contributed by atoms with Crippen LogP contribution in [-0.2, 0) is 10.8 Å². The molecule has 0 saturated carbocycles. The zero-order valence-corrected chi connectivity index (χ0v) is 47.7. The lowest BCUT2D eigenvalue weighted by Gasteiger charge is -2.34. The normalized spacial score (nSPS) is 16.3. The lowest BCUT2D eigenvalue weighted by atomic mass is 9.81. The van der Waals surface area contributed by atoms with E-state index in [1.54, 1.807) is 42.5 Å². The fourth-order valence-corrected chi connectivity index (χ4v) is 10.8. The first-order chi connectivity index (χ1) is 36.2. The summed E-state index contributed by atoms with van der Waals surface area (Å²) in [7, 11) is 0. The minimum Gasteiger partial charge on any atom is -0.365 e. The summed E-state index contributed by atoms with van der Waals surface area (Å²) >= 11 is 0. The van der Waals surface area contributed by atoms with Crippen molar-refractivity contribution in [1.29, 1.82) is 0 Å². The third-order valence-electron chi connectivity index (χ3n) is 16.0. The summed E-state index contributed by atoms with van der Waals surface area (Å²) in [6, 6.07) is 26.0.